The SMILES string of the molecule is O=C(CCCOc1ccccc1F)c1ccc(F)cc1. The second-order valence-electron chi connectivity index (χ2n) is 4.31. The van der Waals surface area contributed by atoms with Gasteiger partial charge in [-0.05, 0) is 42.8 Å². The van der Waals surface area contributed by atoms with Gasteiger partial charge in [-0.2, -0.15) is 0 Å². The summed E-state index contributed by atoms with van der Waals surface area (Å²) in [5, 5.41) is 0. The molecule has 2 aromatic rings. The third-order valence-corrected chi connectivity index (χ3v) is 2.81. The molecule has 0 radical (unpaired) electrons. The first-order chi connectivity index (χ1) is 9.66. The number of carbonyl (C=O) groups is 1. The first-order valence-electron chi connectivity index (χ1n) is 6.33. The third-order valence-electron chi connectivity index (χ3n) is 2.81. The van der Waals surface area contributed by atoms with Crippen LogP contribution in [-0.2, 0) is 0 Å². The lowest BCUT2D eigenvalue weighted by Crippen LogP contribution is -2.04. The number of rotatable bonds is 6. The Labute approximate surface area is 116 Å². The fraction of sp³-hybridized carbons (Fsp3) is 0.188. The van der Waals surface area contributed by atoms with Crippen LogP contribution in [0.4, 0.5) is 8.78 Å². The minimum absolute atomic E-state index is 0.0814. The van der Waals surface area contributed by atoms with E-state index in [4.69, 9.17) is 4.74 Å². The zero-order chi connectivity index (χ0) is 14.4. The third kappa shape index (κ3) is 3.88. The summed E-state index contributed by atoms with van der Waals surface area (Å²) in [4.78, 5) is 11.8. The molecule has 0 aliphatic heterocycles. The van der Waals surface area contributed by atoms with E-state index in [0.717, 1.165) is 0 Å². The zero-order valence-electron chi connectivity index (χ0n) is 10.8. The van der Waals surface area contributed by atoms with Gasteiger partial charge in [-0.3, -0.25) is 4.79 Å². The molecular weight excluding hydrogens is 262 g/mol. The summed E-state index contributed by atoms with van der Waals surface area (Å²) >= 11 is 0. The van der Waals surface area contributed by atoms with Crippen molar-refractivity contribution in [3.05, 3.63) is 65.7 Å². The van der Waals surface area contributed by atoms with Gasteiger partial charge >= 0.3 is 0 Å². The lowest BCUT2D eigenvalue weighted by atomic mass is 10.1. The predicted octanol–water partition coefficient (Wildman–Crippen LogP) is 4.01. The lowest BCUT2D eigenvalue weighted by molar-refractivity contribution is 0.0973. The van der Waals surface area contributed by atoms with E-state index in [1.54, 1.807) is 12.1 Å². The van der Waals surface area contributed by atoms with Crippen LogP contribution in [0.3, 0.4) is 0 Å². The predicted molar refractivity (Wildman–Crippen MR) is 71.9 cm³/mol. The van der Waals surface area contributed by atoms with Gasteiger partial charge in [-0.1, -0.05) is 12.1 Å². The van der Waals surface area contributed by atoms with E-state index in [0.29, 0.717) is 12.0 Å². The van der Waals surface area contributed by atoms with E-state index in [1.807, 2.05) is 0 Å². The van der Waals surface area contributed by atoms with Crippen molar-refractivity contribution in [3.8, 4) is 5.75 Å². The van der Waals surface area contributed by atoms with Crippen LogP contribution >= 0.6 is 0 Å². The molecular formula is C16H14F2O2. The van der Waals surface area contributed by atoms with Gasteiger partial charge in [0.25, 0.3) is 0 Å². The summed E-state index contributed by atoms with van der Waals surface area (Å²) in [6.45, 7) is 0.258. The highest BCUT2D eigenvalue weighted by Crippen LogP contribution is 2.16. The van der Waals surface area contributed by atoms with Crippen LogP contribution in [0.5, 0.6) is 5.75 Å². The highest BCUT2D eigenvalue weighted by Gasteiger charge is 2.06. The van der Waals surface area contributed by atoms with Gasteiger partial charge in [-0.15, -0.1) is 0 Å². The van der Waals surface area contributed by atoms with Crippen molar-refractivity contribution in [2.45, 2.75) is 12.8 Å². The molecule has 0 atom stereocenters. The smallest absolute Gasteiger partial charge is 0.165 e. The number of hydrogen-bond acceptors (Lipinski definition) is 2. The van der Waals surface area contributed by atoms with Gasteiger partial charge in [-0.25, -0.2) is 8.78 Å². The Balaban J connectivity index is 1.77. The summed E-state index contributed by atoms with van der Waals surface area (Å²) in [5.41, 5.74) is 0.470. The van der Waals surface area contributed by atoms with Crippen LogP contribution in [0.25, 0.3) is 0 Å². The summed E-state index contributed by atoms with van der Waals surface area (Å²) < 4.78 is 31.2. The molecule has 0 aromatic heterocycles. The molecule has 0 N–H and O–H groups in total. The van der Waals surface area contributed by atoms with Crippen LogP contribution in [0.15, 0.2) is 48.5 Å². The molecule has 0 spiro atoms. The summed E-state index contributed by atoms with van der Waals surface area (Å²) in [5.74, 6) is -0.689. The average molecular weight is 276 g/mol. The molecule has 2 nitrogen and oxygen atoms in total. The van der Waals surface area contributed by atoms with Crippen molar-refractivity contribution in [3.63, 3.8) is 0 Å². The number of halogens is 2. The Kier molecular flexibility index (Phi) is 4.82. The van der Waals surface area contributed by atoms with Crippen molar-refractivity contribution >= 4 is 5.78 Å². The van der Waals surface area contributed by atoms with Crippen LogP contribution in [0.1, 0.15) is 23.2 Å². The van der Waals surface area contributed by atoms with Crippen LogP contribution in [-0.4, -0.2) is 12.4 Å². The topological polar surface area (TPSA) is 26.3 Å². The molecule has 0 saturated carbocycles. The van der Waals surface area contributed by atoms with E-state index in [-0.39, 0.29) is 30.4 Å². The number of carbonyl (C=O) groups excluding carboxylic acids is 1. The largest absolute Gasteiger partial charge is 0.491 e. The maximum atomic E-state index is 13.3. The number of ether oxygens (including phenoxy) is 1. The van der Waals surface area contributed by atoms with E-state index in [2.05, 4.69) is 0 Å². The van der Waals surface area contributed by atoms with Crippen LogP contribution in [0.2, 0.25) is 0 Å². The highest BCUT2D eigenvalue weighted by molar-refractivity contribution is 5.95. The molecule has 0 bridgehead atoms. The van der Waals surface area contributed by atoms with Gasteiger partial charge in [0, 0.05) is 12.0 Å². The standard InChI is InChI=1S/C16H14F2O2/c17-13-9-7-12(8-10-13)15(19)5-3-11-20-16-6-2-1-4-14(16)18/h1-2,4,6-10H,3,5,11H2. The molecule has 2 rings (SSSR count). The van der Waals surface area contributed by atoms with Gasteiger partial charge in [0.1, 0.15) is 5.82 Å². The fourth-order valence-electron chi connectivity index (χ4n) is 1.76. The number of ketones is 1. The zero-order valence-corrected chi connectivity index (χ0v) is 10.8. The Morgan fingerprint density at radius 1 is 1.00 bits per heavy atom. The van der Waals surface area contributed by atoms with Gasteiger partial charge in [0.15, 0.2) is 17.3 Å². The molecule has 0 unspecified atom stereocenters. The molecule has 0 aliphatic rings. The highest BCUT2D eigenvalue weighted by atomic mass is 19.1. The van der Waals surface area contributed by atoms with Crippen molar-refractivity contribution in [2.75, 3.05) is 6.61 Å². The van der Waals surface area contributed by atoms with Gasteiger partial charge in [0.05, 0.1) is 6.61 Å². The number of para-hydroxylation sites is 1. The second-order valence-corrected chi connectivity index (χ2v) is 4.31. The molecule has 2 aromatic carbocycles. The van der Waals surface area contributed by atoms with E-state index < -0.39 is 5.82 Å². The summed E-state index contributed by atoms with van der Waals surface area (Å²) in [6.07, 6.45) is 0.755. The fourth-order valence-corrected chi connectivity index (χ4v) is 1.76. The minimum atomic E-state index is -0.419. The number of hydrogen-bond donors (Lipinski definition) is 0. The second kappa shape index (κ2) is 6.80. The number of Topliss-reactive ketones (excluding diaryl/α,β-unsaturated/α-hetero) is 1. The normalized spacial score (nSPS) is 10.3. The van der Waals surface area contributed by atoms with Gasteiger partial charge < -0.3 is 4.74 Å². The maximum absolute atomic E-state index is 13.3. The average Bonchev–Trinajstić information content (AvgIpc) is 2.46. The van der Waals surface area contributed by atoms with Gasteiger partial charge in [0.2, 0.25) is 0 Å². The van der Waals surface area contributed by atoms with Crippen molar-refractivity contribution in [1.29, 1.82) is 0 Å². The minimum Gasteiger partial charge on any atom is -0.491 e. The molecule has 0 fully saturated rings. The quantitative estimate of drug-likeness (QED) is 0.588. The van der Waals surface area contributed by atoms with E-state index in [9.17, 15) is 13.6 Å². The Hall–Kier alpha value is -2.23. The Bertz CT molecular complexity index is 579. The van der Waals surface area contributed by atoms with Crippen molar-refractivity contribution in [2.24, 2.45) is 0 Å². The first kappa shape index (κ1) is 14.2. The number of benzene rings is 2. The van der Waals surface area contributed by atoms with Crippen LogP contribution < -0.4 is 4.74 Å². The molecule has 0 saturated heterocycles. The molecule has 20 heavy (non-hydrogen) atoms. The monoisotopic (exact) mass is 276 g/mol. The molecule has 104 valence electrons. The summed E-state index contributed by atoms with van der Waals surface area (Å²) in [6, 6.07) is 11.5. The molecule has 0 heterocycles. The lowest BCUT2D eigenvalue weighted by Gasteiger charge is -2.06. The van der Waals surface area contributed by atoms with E-state index in [1.165, 1.54) is 36.4 Å². The first-order valence-corrected chi connectivity index (χ1v) is 6.33. The molecule has 0 aliphatic carbocycles. The summed E-state index contributed by atoms with van der Waals surface area (Å²) in [7, 11) is 0. The van der Waals surface area contributed by atoms with Crippen LogP contribution in [0, 0.1) is 11.6 Å². The Morgan fingerprint density at radius 2 is 1.70 bits per heavy atom. The van der Waals surface area contributed by atoms with Crippen molar-refractivity contribution in [1.82, 2.24) is 0 Å². The van der Waals surface area contributed by atoms with Crippen molar-refractivity contribution < 1.29 is 18.3 Å². The molecule has 0 amide bonds. The molecule has 4 heteroatoms. The van der Waals surface area contributed by atoms with E-state index >= 15 is 0 Å². The Morgan fingerprint density at radius 3 is 2.40 bits per heavy atom. The maximum Gasteiger partial charge on any atom is 0.165 e.